The van der Waals surface area contributed by atoms with Gasteiger partial charge in [-0.25, -0.2) is 4.98 Å². The first kappa shape index (κ1) is 15.0. The molecular weight excluding hydrogens is 282 g/mol. The number of amides is 1. The molecule has 4 rings (SSSR count). The predicted octanol–water partition coefficient (Wildman–Crippen LogP) is 2.33. The molecule has 21 heavy (non-hydrogen) atoms. The van der Waals surface area contributed by atoms with Crippen molar-refractivity contribution in [1.82, 2.24) is 14.8 Å². The molecule has 2 bridgehead atoms. The normalized spacial score (nSPS) is 26.1. The topological polar surface area (TPSA) is 36.4 Å². The average Bonchev–Trinajstić information content (AvgIpc) is 2.68. The SMILES string of the molecule is CCCN1C[C@H]2CC[C@@H]1CN(C(=O)Cc1csc(C)n1)C2. The maximum absolute atomic E-state index is 12.6. The van der Waals surface area contributed by atoms with E-state index in [2.05, 4.69) is 21.7 Å². The Kier molecular flexibility index (Phi) is 4.60. The largest absolute Gasteiger partial charge is 0.340 e. The van der Waals surface area contributed by atoms with Gasteiger partial charge in [-0.05, 0) is 38.6 Å². The first-order valence-corrected chi connectivity index (χ1v) is 8.96. The van der Waals surface area contributed by atoms with Gasteiger partial charge in [0.05, 0.1) is 17.1 Å². The van der Waals surface area contributed by atoms with Gasteiger partial charge < -0.3 is 4.90 Å². The Morgan fingerprint density at radius 1 is 1.38 bits per heavy atom. The molecule has 116 valence electrons. The van der Waals surface area contributed by atoms with Gasteiger partial charge in [-0.15, -0.1) is 11.3 Å². The van der Waals surface area contributed by atoms with E-state index in [0.717, 1.165) is 23.8 Å². The Morgan fingerprint density at radius 3 is 2.95 bits per heavy atom. The molecular formula is C16H25N3OS. The number of hydrogen-bond donors (Lipinski definition) is 0. The van der Waals surface area contributed by atoms with Crippen LogP contribution in [0.2, 0.25) is 0 Å². The number of piperidine rings is 1. The van der Waals surface area contributed by atoms with Crippen LogP contribution in [0.25, 0.3) is 0 Å². The number of nitrogens with zero attached hydrogens (tertiary/aromatic N) is 3. The molecule has 2 atom stereocenters. The van der Waals surface area contributed by atoms with Crippen LogP contribution in [-0.4, -0.2) is 52.9 Å². The molecule has 3 saturated heterocycles. The Balaban J connectivity index is 1.65. The number of hydrogen-bond acceptors (Lipinski definition) is 4. The number of carbonyl (C=O) groups is 1. The van der Waals surface area contributed by atoms with Gasteiger partial charge in [-0.3, -0.25) is 9.69 Å². The summed E-state index contributed by atoms with van der Waals surface area (Å²) in [7, 11) is 0. The molecule has 0 unspecified atom stereocenters. The molecule has 0 saturated carbocycles. The minimum Gasteiger partial charge on any atom is -0.340 e. The van der Waals surface area contributed by atoms with Crippen molar-refractivity contribution in [1.29, 1.82) is 0 Å². The molecule has 0 aromatic carbocycles. The molecule has 0 aliphatic carbocycles. The van der Waals surface area contributed by atoms with Gasteiger partial charge in [0, 0.05) is 31.1 Å². The summed E-state index contributed by atoms with van der Waals surface area (Å²) in [4.78, 5) is 21.7. The molecule has 3 aliphatic heterocycles. The van der Waals surface area contributed by atoms with Crippen LogP contribution in [0.5, 0.6) is 0 Å². The molecule has 5 heteroatoms. The average molecular weight is 307 g/mol. The lowest BCUT2D eigenvalue weighted by atomic mass is 9.95. The van der Waals surface area contributed by atoms with Gasteiger partial charge in [0.25, 0.3) is 0 Å². The van der Waals surface area contributed by atoms with Crippen LogP contribution in [-0.2, 0) is 11.2 Å². The lowest BCUT2D eigenvalue weighted by Gasteiger charge is -2.35. The Hall–Kier alpha value is -0.940. The highest BCUT2D eigenvalue weighted by molar-refractivity contribution is 7.09. The number of aromatic nitrogens is 1. The maximum atomic E-state index is 12.6. The van der Waals surface area contributed by atoms with Crippen LogP contribution in [0.4, 0.5) is 0 Å². The summed E-state index contributed by atoms with van der Waals surface area (Å²) < 4.78 is 0. The van der Waals surface area contributed by atoms with Crippen LogP contribution in [0.1, 0.15) is 36.9 Å². The zero-order chi connectivity index (χ0) is 14.8. The van der Waals surface area contributed by atoms with Crippen LogP contribution >= 0.6 is 11.3 Å². The summed E-state index contributed by atoms with van der Waals surface area (Å²) in [6.45, 7) is 8.45. The highest BCUT2D eigenvalue weighted by atomic mass is 32.1. The van der Waals surface area contributed by atoms with Gasteiger partial charge in [-0.1, -0.05) is 6.92 Å². The number of thiazole rings is 1. The molecule has 3 aliphatic rings. The second-order valence-corrected chi connectivity index (χ2v) is 7.49. The maximum Gasteiger partial charge on any atom is 0.228 e. The molecule has 1 aromatic rings. The first-order valence-electron chi connectivity index (χ1n) is 8.08. The van der Waals surface area contributed by atoms with Crippen molar-refractivity contribution < 1.29 is 4.79 Å². The van der Waals surface area contributed by atoms with Gasteiger partial charge in [0.2, 0.25) is 5.91 Å². The molecule has 4 heterocycles. The van der Waals surface area contributed by atoms with Crippen molar-refractivity contribution in [3.63, 3.8) is 0 Å². The van der Waals surface area contributed by atoms with Gasteiger partial charge >= 0.3 is 0 Å². The first-order chi connectivity index (χ1) is 10.2. The number of aryl methyl sites for hydroxylation is 1. The fourth-order valence-electron chi connectivity index (χ4n) is 3.70. The van der Waals surface area contributed by atoms with Gasteiger partial charge in [0.1, 0.15) is 0 Å². The smallest absolute Gasteiger partial charge is 0.228 e. The van der Waals surface area contributed by atoms with E-state index in [1.165, 1.54) is 32.4 Å². The van der Waals surface area contributed by atoms with Gasteiger partial charge in [-0.2, -0.15) is 0 Å². The lowest BCUT2D eigenvalue weighted by Crippen LogP contribution is -2.44. The van der Waals surface area contributed by atoms with Crippen LogP contribution in [0.15, 0.2) is 5.38 Å². The van der Waals surface area contributed by atoms with E-state index in [0.29, 0.717) is 18.4 Å². The molecule has 0 radical (unpaired) electrons. The summed E-state index contributed by atoms with van der Waals surface area (Å²) in [5.41, 5.74) is 0.935. The standard InChI is InChI=1S/C16H25N3OS/c1-3-6-18-8-13-4-5-15(18)10-19(9-13)16(20)7-14-11-21-12(2)17-14/h11,13,15H,3-10H2,1-2H3/t13-,15-/m1/s1. The highest BCUT2D eigenvalue weighted by Crippen LogP contribution is 2.28. The minimum atomic E-state index is 0.260. The summed E-state index contributed by atoms with van der Waals surface area (Å²) in [5.74, 6) is 0.923. The number of rotatable bonds is 4. The minimum absolute atomic E-state index is 0.260. The Morgan fingerprint density at radius 2 is 2.24 bits per heavy atom. The number of carbonyl (C=O) groups excluding carboxylic acids is 1. The van der Waals surface area contributed by atoms with Crippen molar-refractivity contribution in [3.05, 3.63) is 16.1 Å². The summed E-state index contributed by atoms with van der Waals surface area (Å²) >= 11 is 1.63. The van der Waals surface area contributed by atoms with E-state index in [1.807, 2.05) is 12.3 Å². The monoisotopic (exact) mass is 307 g/mol. The van der Waals surface area contributed by atoms with Crippen molar-refractivity contribution in [2.75, 3.05) is 26.2 Å². The van der Waals surface area contributed by atoms with Crippen molar-refractivity contribution in [3.8, 4) is 0 Å². The zero-order valence-corrected chi connectivity index (χ0v) is 13.9. The van der Waals surface area contributed by atoms with Gasteiger partial charge in [0.15, 0.2) is 0 Å². The van der Waals surface area contributed by atoms with Crippen molar-refractivity contribution >= 4 is 17.2 Å². The second-order valence-electron chi connectivity index (χ2n) is 6.43. The molecule has 1 amide bonds. The fourth-order valence-corrected chi connectivity index (χ4v) is 4.31. The predicted molar refractivity (Wildman–Crippen MR) is 85.5 cm³/mol. The molecule has 0 spiro atoms. The Bertz CT molecular complexity index is 501. The third-order valence-corrected chi connectivity index (χ3v) is 5.51. The van der Waals surface area contributed by atoms with E-state index >= 15 is 0 Å². The zero-order valence-electron chi connectivity index (χ0n) is 13.0. The number of fused-ring (bicyclic) bond motifs is 4. The third kappa shape index (κ3) is 3.46. The molecule has 4 nitrogen and oxygen atoms in total. The van der Waals surface area contributed by atoms with Crippen molar-refractivity contribution in [2.24, 2.45) is 5.92 Å². The van der Waals surface area contributed by atoms with E-state index in [4.69, 9.17) is 0 Å². The molecule has 1 aromatic heterocycles. The van der Waals surface area contributed by atoms with E-state index in [-0.39, 0.29) is 5.91 Å². The van der Waals surface area contributed by atoms with Crippen LogP contribution in [0, 0.1) is 12.8 Å². The van der Waals surface area contributed by atoms with Crippen LogP contribution < -0.4 is 0 Å². The molecule has 3 fully saturated rings. The van der Waals surface area contributed by atoms with E-state index < -0.39 is 0 Å². The van der Waals surface area contributed by atoms with E-state index in [9.17, 15) is 4.79 Å². The third-order valence-electron chi connectivity index (χ3n) is 4.69. The highest BCUT2D eigenvalue weighted by Gasteiger charge is 2.35. The second kappa shape index (κ2) is 6.44. The van der Waals surface area contributed by atoms with E-state index in [1.54, 1.807) is 11.3 Å². The summed E-state index contributed by atoms with van der Waals surface area (Å²) in [6, 6.07) is 0.574. The Labute approximate surface area is 131 Å². The molecule has 0 N–H and O–H groups in total. The fraction of sp³-hybridized carbons (Fsp3) is 0.750. The quantitative estimate of drug-likeness (QED) is 0.856. The lowest BCUT2D eigenvalue weighted by molar-refractivity contribution is -0.130. The summed E-state index contributed by atoms with van der Waals surface area (Å²) in [6.07, 6.45) is 4.21. The van der Waals surface area contributed by atoms with Crippen LogP contribution in [0.3, 0.4) is 0 Å². The summed E-state index contributed by atoms with van der Waals surface area (Å²) in [5, 5.41) is 3.06. The van der Waals surface area contributed by atoms with Crippen molar-refractivity contribution in [2.45, 2.75) is 45.6 Å².